The second kappa shape index (κ2) is 8.76. The summed E-state index contributed by atoms with van der Waals surface area (Å²) in [4.78, 5) is 43.1. The van der Waals surface area contributed by atoms with Crippen LogP contribution < -0.4 is 11.1 Å². The van der Waals surface area contributed by atoms with Crippen LogP contribution in [0.4, 0.5) is 10.1 Å². The Morgan fingerprint density at radius 3 is 2.62 bits per heavy atom. The van der Waals surface area contributed by atoms with E-state index in [0.29, 0.717) is 18.7 Å². The summed E-state index contributed by atoms with van der Waals surface area (Å²) in [6.07, 6.45) is 0.701. The molecule has 11 nitrogen and oxygen atoms in total. The van der Waals surface area contributed by atoms with E-state index in [1.165, 1.54) is 0 Å². The number of nitrogens with two attached hydrogens (primary N) is 1. The summed E-state index contributed by atoms with van der Waals surface area (Å²) in [6.45, 7) is 3.33. The molecule has 2 heterocycles. The van der Waals surface area contributed by atoms with Gasteiger partial charge in [-0.3, -0.25) is 24.2 Å². The van der Waals surface area contributed by atoms with E-state index >= 15 is 4.39 Å². The molecule has 12 heteroatoms. The molecule has 2 aliphatic heterocycles. The number of aromatic hydroxyl groups is 1. The van der Waals surface area contributed by atoms with Gasteiger partial charge in [-0.25, -0.2) is 4.39 Å². The Morgan fingerprint density at radius 1 is 1.27 bits per heavy atom. The predicted molar refractivity (Wildman–Crippen MR) is 141 cm³/mol. The van der Waals surface area contributed by atoms with Crippen molar-refractivity contribution >= 4 is 28.9 Å². The summed E-state index contributed by atoms with van der Waals surface area (Å²) in [6, 6.07) is -1.44. The number of aliphatic hydroxyl groups is 3. The minimum Gasteiger partial charge on any atom is -0.508 e. The summed E-state index contributed by atoms with van der Waals surface area (Å²) in [5, 5.41) is 48.6. The van der Waals surface area contributed by atoms with Crippen molar-refractivity contribution in [2.24, 2.45) is 23.5 Å². The number of likely N-dealkylation sites (N-methyl/N-ethyl adjacent to an activating group) is 1. The number of benzene rings is 1. The van der Waals surface area contributed by atoms with Crippen molar-refractivity contribution in [1.82, 2.24) is 9.80 Å². The molecule has 1 aromatic rings. The first-order valence-electron chi connectivity index (χ1n) is 13.6. The van der Waals surface area contributed by atoms with Gasteiger partial charge in [0.15, 0.2) is 11.4 Å². The highest BCUT2D eigenvalue weighted by atomic mass is 19.1. The molecule has 0 bridgehead atoms. The van der Waals surface area contributed by atoms with Gasteiger partial charge in [0.25, 0.3) is 5.91 Å². The lowest BCUT2D eigenvalue weighted by Crippen LogP contribution is -2.66. The molecule has 1 saturated heterocycles. The number of rotatable bonds is 3. The highest BCUT2D eigenvalue weighted by Crippen LogP contribution is 2.56. The van der Waals surface area contributed by atoms with Crippen molar-refractivity contribution in [3.63, 3.8) is 0 Å². The van der Waals surface area contributed by atoms with Gasteiger partial charge in [-0.05, 0) is 58.3 Å². The number of amides is 1. The standard InChI is InChI=1S/C28H33FN4O7/c1-4-32(2)21-13-8-11-7-12-15(23(35)19-16(18(12)29)20-10(9-31-19)5-6-33(20)3)22(34)14(11)25(37)28(13,40)26(38)17(24(21)36)27(30)39/h10-11,13,20-21,31,34-35,38,40H,4-9H2,1-3H3,(H2,30,39)/t10?,11-,13?,20?,21-,28-/m0/s1. The number of hydrogen-bond donors (Lipinski definition) is 6. The van der Waals surface area contributed by atoms with Crippen LogP contribution in [0.15, 0.2) is 16.9 Å². The molecular weight excluding hydrogens is 523 g/mol. The highest BCUT2D eigenvalue weighted by Gasteiger charge is 2.64. The zero-order chi connectivity index (χ0) is 29.0. The van der Waals surface area contributed by atoms with Crippen LogP contribution in [0.2, 0.25) is 0 Å². The summed E-state index contributed by atoms with van der Waals surface area (Å²) in [5.74, 6) is -7.92. The van der Waals surface area contributed by atoms with Gasteiger partial charge in [0, 0.05) is 35.2 Å². The van der Waals surface area contributed by atoms with Crippen molar-refractivity contribution in [2.45, 2.75) is 43.9 Å². The van der Waals surface area contributed by atoms with Crippen LogP contribution in [0.25, 0.3) is 5.76 Å². The number of carbonyl (C=O) groups excluding carboxylic acids is 3. The number of primary amides is 1. The Hall–Kier alpha value is -3.48. The van der Waals surface area contributed by atoms with Gasteiger partial charge < -0.3 is 31.5 Å². The second-order valence-electron chi connectivity index (χ2n) is 11.7. The van der Waals surface area contributed by atoms with E-state index in [1.807, 2.05) is 11.9 Å². The summed E-state index contributed by atoms with van der Waals surface area (Å²) < 4.78 is 16.4. The Labute approximate surface area is 229 Å². The number of aliphatic hydroxyl groups excluding tert-OH is 2. The van der Waals surface area contributed by atoms with Crippen molar-refractivity contribution in [1.29, 1.82) is 0 Å². The highest BCUT2D eigenvalue weighted by molar-refractivity contribution is 6.24. The predicted octanol–water partition coefficient (Wildman–Crippen LogP) is 0.912. The number of anilines is 1. The fourth-order valence-corrected chi connectivity index (χ4v) is 7.85. The lowest BCUT2D eigenvalue weighted by atomic mass is 9.57. The van der Waals surface area contributed by atoms with E-state index in [4.69, 9.17) is 5.73 Å². The van der Waals surface area contributed by atoms with E-state index in [2.05, 4.69) is 5.32 Å². The number of Topliss-reactive ketones (excluding diaryl/α,β-unsaturated/α-hetero) is 2. The van der Waals surface area contributed by atoms with Crippen molar-refractivity contribution < 1.29 is 39.2 Å². The van der Waals surface area contributed by atoms with E-state index < -0.39 is 69.6 Å². The smallest absolute Gasteiger partial charge is 0.255 e. The normalized spacial score (nSPS) is 33.3. The van der Waals surface area contributed by atoms with Crippen LogP contribution >= 0.6 is 0 Å². The van der Waals surface area contributed by atoms with Crippen LogP contribution in [-0.4, -0.2) is 93.1 Å². The second-order valence-corrected chi connectivity index (χ2v) is 11.7. The third kappa shape index (κ3) is 3.18. The van der Waals surface area contributed by atoms with Crippen LogP contribution in [-0.2, 0) is 20.8 Å². The Kier molecular flexibility index (Phi) is 5.85. The lowest BCUT2D eigenvalue weighted by molar-refractivity contribution is -0.154. The third-order valence-electron chi connectivity index (χ3n) is 9.89. The third-order valence-corrected chi connectivity index (χ3v) is 9.89. The molecule has 0 spiro atoms. The molecule has 1 saturated carbocycles. The number of phenols is 1. The van der Waals surface area contributed by atoms with Crippen LogP contribution in [0, 0.1) is 23.6 Å². The molecule has 7 N–H and O–H groups in total. The number of likely N-dealkylation sites (tertiary alicyclic amines) is 1. The van der Waals surface area contributed by atoms with Gasteiger partial charge in [0.05, 0.1) is 17.3 Å². The molecule has 3 unspecified atom stereocenters. The largest absolute Gasteiger partial charge is 0.508 e. The number of carbonyl (C=O) groups is 3. The molecule has 214 valence electrons. The SMILES string of the molecule is CCN(C)[C@@H]1C(=O)C(C(N)=O)=C(O)[C@@]2(O)C(=O)C3=C(O)c4c(O)c5c(c(F)c4C[C@H]3CC12)C1C(CCN1C)CN5. The van der Waals surface area contributed by atoms with Gasteiger partial charge in [-0.1, -0.05) is 6.92 Å². The Morgan fingerprint density at radius 2 is 1.98 bits per heavy atom. The van der Waals surface area contributed by atoms with E-state index in [9.17, 15) is 34.8 Å². The number of ketones is 2. The number of nitrogens with one attached hydrogen (secondary N) is 1. The number of nitrogens with zero attached hydrogens (tertiary/aromatic N) is 2. The molecule has 2 fully saturated rings. The number of halogens is 1. The average Bonchev–Trinajstić information content (AvgIpc) is 3.29. The Bertz CT molecular complexity index is 1450. The molecule has 1 amide bonds. The maximum atomic E-state index is 16.4. The van der Waals surface area contributed by atoms with Gasteiger partial charge in [-0.2, -0.15) is 0 Å². The quantitative estimate of drug-likeness (QED) is 0.232. The summed E-state index contributed by atoms with van der Waals surface area (Å²) in [5.41, 5.74) is 1.79. The fraction of sp³-hybridized carbons (Fsp3) is 0.536. The maximum absolute atomic E-state index is 16.4. The van der Waals surface area contributed by atoms with Crippen LogP contribution in [0.5, 0.6) is 5.75 Å². The monoisotopic (exact) mass is 556 g/mol. The molecule has 3 aliphatic carbocycles. The Balaban J connectivity index is 1.56. The summed E-state index contributed by atoms with van der Waals surface area (Å²) >= 11 is 0. The molecule has 1 aromatic carbocycles. The lowest BCUT2D eigenvalue weighted by Gasteiger charge is -2.50. The molecular formula is C28H33FN4O7. The van der Waals surface area contributed by atoms with E-state index in [-0.39, 0.29) is 47.2 Å². The summed E-state index contributed by atoms with van der Waals surface area (Å²) in [7, 11) is 3.48. The fourth-order valence-electron chi connectivity index (χ4n) is 7.85. The molecule has 0 radical (unpaired) electrons. The van der Waals surface area contributed by atoms with Gasteiger partial charge >= 0.3 is 0 Å². The van der Waals surface area contributed by atoms with Crippen molar-refractivity contribution in [2.75, 3.05) is 39.0 Å². The van der Waals surface area contributed by atoms with Gasteiger partial charge in [0.1, 0.15) is 28.7 Å². The average molecular weight is 557 g/mol. The first-order chi connectivity index (χ1) is 18.9. The van der Waals surface area contributed by atoms with Crippen molar-refractivity contribution in [3.8, 4) is 5.75 Å². The van der Waals surface area contributed by atoms with Crippen molar-refractivity contribution in [3.05, 3.63) is 39.4 Å². The van der Waals surface area contributed by atoms with E-state index in [0.717, 1.165) is 13.0 Å². The first-order valence-corrected chi connectivity index (χ1v) is 13.6. The van der Waals surface area contributed by atoms with Gasteiger partial charge in [0.2, 0.25) is 5.78 Å². The molecule has 0 aromatic heterocycles. The number of fused-ring (bicyclic) bond motifs is 6. The number of hydrogen-bond acceptors (Lipinski definition) is 10. The maximum Gasteiger partial charge on any atom is 0.255 e. The zero-order valence-corrected chi connectivity index (χ0v) is 22.5. The molecule has 6 atom stereocenters. The molecule has 5 aliphatic rings. The zero-order valence-electron chi connectivity index (χ0n) is 22.5. The first kappa shape index (κ1) is 26.7. The van der Waals surface area contributed by atoms with Crippen LogP contribution in [0.3, 0.4) is 0 Å². The minimum absolute atomic E-state index is 0.0589. The minimum atomic E-state index is -2.73. The molecule has 6 rings (SSSR count). The van der Waals surface area contributed by atoms with E-state index in [1.54, 1.807) is 18.9 Å². The van der Waals surface area contributed by atoms with Gasteiger partial charge in [-0.15, -0.1) is 0 Å². The topological polar surface area (TPSA) is 177 Å². The molecule has 40 heavy (non-hydrogen) atoms. The van der Waals surface area contributed by atoms with Crippen LogP contribution in [0.1, 0.15) is 42.5 Å². The number of phenolic OH excluding ortho intramolecular Hbond substituents is 1.